The second kappa shape index (κ2) is 13.6. The van der Waals surface area contributed by atoms with Gasteiger partial charge in [-0.3, -0.25) is 0 Å². The van der Waals surface area contributed by atoms with Crippen molar-refractivity contribution >= 4 is 17.0 Å². The Morgan fingerprint density at radius 1 is 0.237 bits per heavy atom. The zero-order valence-corrected chi connectivity index (χ0v) is 25.4. The highest BCUT2D eigenvalue weighted by atomic mass is 35.5. The molecule has 0 N–H and O–H groups in total. The quantitative estimate of drug-likeness (QED) is 0.107. The third-order valence-corrected chi connectivity index (χ3v) is 6.92. The summed E-state index contributed by atoms with van der Waals surface area (Å²) in [6.45, 7) is 0. The van der Waals surface area contributed by atoms with Crippen molar-refractivity contribution in [3.05, 3.63) is 0 Å². The molecular weight excluding hydrogens is 999 g/mol. The van der Waals surface area contributed by atoms with Crippen molar-refractivity contribution in [1.29, 1.82) is 0 Å². The van der Waals surface area contributed by atoms with Crippen LogP contribution >= 0.6 is 11.6 Å². The van der Waals surface area contributed by atoms with Gasteiger partial charge in [-0.05, 0) is 0 Å². The van der Waals surface area contributed by atoms with Gasteiger partial charge >= 0.3 is 112 Å². The lowest BCUT2D eigenvalue weighted by atomic mass is 9.82. The van der Waals surface area contributed by atoms with Gasteiger partial charge in [0, 0.05) is 11.6 Å². The number of ether oxygens (including phenoxy) is 1. The number of alkyl halides is 37. The van der Waals surface area contributed by atoms with Crippen LogP contribution in [0.2, 0.25) is 0 Å². The number of carbonyl (C=O) groups excluding carboxylic acids is 1. The Balaban J connectivity index is 7.88. The Labute approximate surface area is 297 Å². The number of carbonyl (C=O) groups is 1. The van der Waals surface area contributed by atoms with Gasteiger partial charge < -0.3 is 4.74 Å². The maximum absolute atomic E-state index is 13.9. The van der Waals surface area contributed by atoms with E-state index in [4.69, 9.17) is 0 Å². The number of hydrogen-bond acceptors (Lipinski definition) is 2. The maximum Gasteiger partial charge on any atom is 0.474 e. The molecule has 0 radical (unpaired) electrons. The summed E-state index contributed by atoms with van der Waals surface area (Å²) >= 11 is 3.76. The molecular formula is C19ClF37O2. The Bertz CT molecular complexity index is 1560. The van der Waals surface area contributed by atoms with Crippen LogP contribution in [0.1, 0.15) is 0 Å². The number of halogens is 38. The fraction of sp³-hybridized carbons (Fsp3) is 0.947. The van der Waals surface area contributed by atoms with Crippen molar-refractivity contribution in [2.75, 3.05) is 0 Å². The molecule has 0 heterocycles. The molecule has 0 aliphatic heterocycles. The lowest BCUT2D eigenvalue weighted by molar-refractivity contribution is -0.495. The standard InChI is InChI=1S/C19ClF37O2/c20-1(58)59-19(56,57)17(51,52)15(47,48)13(43,44)11(39,40)9(35,36)7(31,32)5(27,28)3(23,24)2(21,22)4(25,26)6(29,30)8(33,34)10(37,38)12(41,42)14(45,46)16(49,50)18(53,54)55. The zero-order valence-electron chi connectivity index (χ0n) is 24.7. The van der Waals surface area contributed by atoms with Gasteiger partial charge in [-0.15, -0.1) is 0 Å². The lowest BCUT2D eigenvalue weighted by Gasteiger charge is -2.47. The van der Waals surface area contributed by atoms with Gasteiger partial charge in [0.25, 0.3) is 0 Å². The summed E-state index contributed by atoms with van der Waals surface area (Å²) in [4.78, 5) is 10.1. The lowest BCUT2D eigenvalue weighted by Crippen LogP contribution is -2.80. The highest BCUT2D eigenvalue weighted by Crippen LogP contribution is 2.70. The zero-order chi connectivity index (χ0) is 49.3. The summed E-state index contributed by atoms with van der Waals surface area (Å²) < 4.78 is 501. The molecule has 0 aromatic carbocycles. The molecule has 0 aliphatic rings. The average Bonchev–Trinajstić information content (AvgIpc) is 2.98. The number of rotatable bonds is 17. The van der Waals surface area contributed by atoms with E-state index in [1.165, 1.54) is 0 Å². The molecule has 59 heavy (non-hydrogen) atoms. The van der Waals surface area contributed by atoms with Crippen molar-refractivity contribution in [1.82, 2.24) is 0 Å². The van der Waals surface area contributed by atoms with Crippen LogP contribution in [0.5, 0.6) is 0 Å². The Kier molecular flexibility index (Phi) is 12.9. The predicted octanol–water partition coefficient (Wildman–Crippen LogP) is 12.7. The first-order valence-corrected chi connectivity index (χ1v) is 12.4. The van der Waals surface area contributed by atoms with Gasteiger partial charge in [0.2, 0.25) is 0 Å². The molecule has 0 aliphatic carbocycles. The van der Waals surface area contributed by atoms with Crippen LogP contribution in [0.25, 0.3) is 0 Å². The molecule has 0 aromatic rings. The molecule has 0 bridgehead atoms. The summed E-state index contributed by atoms with van der Waals surface area (Å²) in [5.41, 5.74) is -3.61. The van der Waals surface area contributed by atoms with Crippen LogP contribution in [0.15, 0.2) is 0 Å². The molecule has 0 aromatic heterocycles. The summed E-state index contributed by atoms with van der Waals surface area (Å²) in [6.07, 6.45) is -16.4. The highest BCUT2D eigenvalue weighted by molar-refractivity contribution is 6.61. The third-order valence-electron chi connectivity index (χ3n) is 6.85. The van der Waals surface area contributed by atoms with E-state index in [1.54, 1.807) is 4.74 Å². The van der Waals surface area contributed by atoms with Crippen molar-refractivity contribution in [2.24, 2.45) is 0 Å². The smallest absolute Gasteiger partial charge is 0.384 e. The van der Waals surface area contributed by atoms with Gasteiger partial charge in [0.15, 0.2) is 0 Å². The van der Waals surface area contributed by atoms with Crippen LogP contribution in [0.3, 0.4) is 0 Å². The molecule has 0 saturated carbocycles. The SMILES string of the molecule is O=C(Cl)OC(F)(F)C(F)(F)C(F)(F)C(F)(F)C(F)(F)C(F)(F)C(F)(F)C(F)(F)C(F)(F)C(F)(F)C(F)(F)C(F)(F)C(F)(F)C(F)(F)C(F)(F)C(F)(F)C(F)(F)C(F)(F)F. The topological polar surface area (TPSA) is 26.3 Å². The van der Waals surface area contributed by atoms with Crippen molar-refractivity contribution in [3.8, 4) is 0 Å². The molecule has 40 heteroatoms. The van der Waals surface area contributed by atoms with Crippen LogP contribution in [-0.4, -0.2) is 112 Å². The average molecular weight is 999 g/mol. The Morgan fingerprint density at radius 2 is 0.356 bits per heavy atom. The van der Waals surface area contributed by atoms with Crippen LogP contribution < -0.4 is 0 Å². The van der Waals surface area contributed by atoms with Gasteiger partial charge in [0.05, 0.1) is 0 Å². The highest BCUT2D eigenvalue weighted by Gasteiger charge is 3.02. The minimum Gasteiger partial charge on any atom is -0.384 e. The minimum atomic E-state index is -10.5. The number of hydrogen-bond donors (Lipinski definition) is 0. The molecule has 0 spiro atoms. The van der Waals surface area contributed by atoms with Crippen molar-refractivity contribution < 1.29 is 172 Å². The van der Waals surface area contributed by atoms with Gasteiger partial charge in [-0.2, -0.15) is 162 Å². The fourth-order valence-corrected chi connectivity index (χ4v) is 3.38. The summed E-state index contributed by atoms with van der Waals surface area (Å²) in [5, 5.41) is 0. The molecule has 0 atom stereocenters. The van der Waals surface area contributed by atoms with E-state index in [0.717, 1.165) is 0 Å². The van der Waals surface area contributed by atoms with Crippen molar-refractivity contribution in [3.63, 3.8) is 0 Å². The van der Waals surface area contributed by atoms with Crippen LogP contribution in [0, 0.1) is 0 Å². The van der Waals surface area contributed by atoms with Crippen LogP contribution in [-0.2, 0) is 4.74 Å². The van der Waals surface area contributed by atoms with Gasteiger partial charge in [0.1, 0.15) is 0 Å². The molecule has 0 unspecified atom stereocenters. The van der Waals surface area contributed by atoms with E-state index in [1.807, 2.05) is 0 Å². The van der Waals surface area contributed by atoms with E-state index in [0.29, 0.717) is 0 Å². The monoisotopic (exact) mass is 998 g/mol. The first kappa shape index (κ1) is 56.2. The van der Waals surface area contributed by atoms with E-state index < -0.39 is 112 Å². The van der Waals surface area contributed by atoms with E-state index in [9.17, 15) is 167 Å². The first-order valence-electron chi connectivity index (χ1n) is 12.0. The second-order valence-corrected chi connectivity index (χ2v) is 10.9. The largest absolute Gasteiger partial charge is 0.474 e. The first-order chi connectivity index (χ1) is 24.7. The summed E-state index contributed by atoms with van der Waals surface area (Å²) in [5.74, 6) is -160. The van der Waals surface area contributed by atoms with E-state index >= 15 is 0 Å². The third kappa shape index (κ3) is 6.48. The van der Waals surface area contributed by atoms with E-state index in [-0.39, 0.29) is 0 Å². The van der Waals surface area contributed by atoms with Crippen LogP contribution in [0.4, 0.5) is 167 Å². The van der Waals surface area contributed by atoms with Gasteiger partial charge in [-0.1, -0.05) is 0 Å². The summed E-state index contributed by atoms with van der Waals surface area (Å²) in [7, 11) is 0. The van der Waals surface area contributed by atoms with Gasteiger partial charge in [-0.25, -0.2) is 4.79 Å². The minimum absolute atomic E-state index is 1.71. The van der Waals surface area contributed by atoms with E-state index in [2.05, 4.69) is 11.6 Å². The summed E-state index contributed by atoms with van der Waals surface area (Å²) in [6, 6.07) is 0. The molecule has 0 fully saturated rings. The Hall–Kier alpha value is -2.83. The molecule has 2 nitrogen and oxygen atoms in total. The normalized spacial score (nSPS) is 17.1. The maximum atomic E-state index is 13.9. The molecule has 0 saturated heterocycles. The molecule has 0 rings (SSSR count). The fourth-order valence-electron chi connectivity index (χ4n) is 3.29. The van der Waals surface area contributed by atoms with Crippen molar-refractivity contribution in [2.45, 2.75) is 107 Å². The predicted molar refractivity (Wildman–Crippen MR) is 102 cm³/mol. The molecule has 354 valence electrons. The Morgan fingerprint density at radius 3 is 0.475 bits per heavy atom. The second-order valence-electron chi connectivity index (χ2n) is 10.5. The molecule has 0 amide bonds.